The van der Waals surface area contributed by atoms with Crippen molar-refractivity contribution in [2.75, 3.05) is 5.75 Å². The molecule has 0 saturated carbocycles. The number of fused-ring (bicyclic) bond motifs is 1. The van der Waals surface area contributed by atoms with Crippen LogP contribution in [0.2, 0.25) is 5.02 Å². The molecule has 0 aliphatic carbocycles. The van der Waals surface area contributed by atoms with Crippen LogP contribution in [0.25, 0.3) is 11.0 Å². The molecular formula is C19H17ClN4O2S. The fourth-order valence-corrected chi connectivity index (χ4v) is 4.33. The first kappa shape index (κ1) is 17.9. The van der Waals surface area contributed by atoms with Gasteiger partial charge in [0, 0.05) is 23.8 Å². The SMILES string of the molecule is CCS(=O)(=O)N1N=C(c2ccc(Cl)cc2)C[C@H]1c1ccc2nccnc2c1. The summed E-state index contributed by atoms with van der Waals surface area (Å²) < 4.78 is 26.5. The summed E-state index contributed by atoms with van der Waals surface area (Å²) in [7, 11) is -3.51. The van der Waals surface area contributed by atoms with Gasteiger partial charge in [0.05, 0.1) is 28.5 Å². The zero-order chi connectivity index (χ0) is 19.0. The molecule has 0 N–H and O–H groups in total. The smallest absolute Gasteiger partial charge is 0.250 e. The third kappa shape index (κ3) is 3.40. The summed E-state index contributed by atoms with van der Waals surface area (Å²) in [5, 5.41) is 5.08. The Labute approximate surface area is 162 Å². The van der Waals surface area contributed by atoms with E-state index in [0.29, 0.717) is 17.2 Å². The number of hydrogen-bond acceptors (Lipinski definition) is 5. The largest absolute Gasteiger partial charge is 0.253 e. The minimum absolute atomic E-state index is 0.0196. The molecule has 27 heavy (non-hydrogen) atoms. The van der Waals surface area contributed by atoms with E-state index in [9.17, 15) is 8.42 Å². The molecule has 138 valence electrons. The van der Waals surface area contributed by atoms with Crippen LogP contribution in [-0.4, -0.2) is 34.3 Å². The lowest BCUT2D eigenvalue weighted by Crippen LogP contribution is -2.28. The Morgan fingerprint density at radius 3 is 2.48 bits per heavy atom. The highest BCUT2D eigenvalue weighted by molar-refractivity contribution is 7.89. The van der Waals surface area contributed by atoms with E-state index in [1.807, 2.05) is 30.3 Å². The van der Waals surface area contributed by atoms with Crippen molar-refractivity contribution in [2.45, 2.75) is 19.4 Å². The first-order valence-electron chi connectivity index (χ1n) is 8.54. The van der Waals surface area contributed by atoms with Crippen molar-refractivity contribution in [3.05, 3.63) is 71.0 Å². The molecule has 1 aliphatic heterocycles. The molecular weight excluding hydrogens is 384 g/mol. The summed E-state index contributed by atoms with van der Waals surface area (Å²) in [6.07, 6.45) is 3.73. The van der Waals surface area contributed by atoms with Gasteiger partial charge < -0.3 is 0 Å². The van der Waals surface area contributed by atoms with Crippen molar-refractivity contribution in [1.82, 2.24) is 14.4 Å². The minimum Gasteiger partial charge on any atom is -0.253 e. The summed E-state index contributed by atoms with van der Waals surface area (Å²) in [5.41, 5.74) is 3.91. The maximum Gasteiger partial charge on any atom is 0.250 e. The van der Waals surface area contributed by atoms with Gasteiger partial charge >= 0.3 is 0 Å². The van der Waals surface area contributed by atoms with E-state index in [1.165, 1.54) is 4.41 Å². The average Bonchev–Trinajstić information content (AvgIpc) is 3.14. The van der Waals surface area contributed by atoms with Gasteiger partial charge in [0.25, 0.3) is 0 Å². The fourth-order valence-electron chi connectivity index (χ4n) is 3.13. The number of rotatable bonds is 4. The molecule has 6 nitrogen and oxygen atoms in total. The molecule has 4 rings (SSSR count). The van der Waals surface area contributed by atoms with E-state index in [1.54, 1.807) is 31.5 Å². The second-order valence-electron chi connectivity index (χ2n) is 6.25. The zero-order valence-electron chi connectivity index (χ0n) is 14.6. The fraction of sp³-hybridized carbons (Fsp3) is 0.211. The topological polar surface area (TPSA) is 75.5 Å². The Kier molecular flexibility index (Phi) is 4.57. The van der Waals surface area contributed by atoms with E-state index in [0.717, 1.165) is 22.2 Å². The van der Waals surface area contributed by atoms with Crippen molar-refractivity contribution >= 4 is 38.4 Å². The average molecular weight is 401 g/mol. The van der Waals surface area contributed by atoms with Gasteiger partial charge in [-0.2, -0.15) is 9.52 Å². The van der Waals surface area contributed by atoms with Gasteiger partial charge in [-0.3, -0.25) is 9.97 Å². The van der Waals surface area contributed by atoms with Crippen LogP contribution in [0.5, 0.6) is 0 Å². The highest BCUT2D eigenvalue weighted by Gasteiger charge is 2.35. The van der Waals surface area contributed by atoms with Crippen molar-refractivity contribution in [1.29, 1.82) is 0 Å². The normalized spacial score (nSPS) is 17.3. The van der Waals surface area contributed by atoms with Gasteiger partial charge in [0.1, 0.15) is 0 Å². The molecule has 0 saturated heterocycles. The van der Waals surface area contributed by atoms with Crippen LogP contribution in [0, 0.1) is 0 Å². The van der Waals surface area contributed by atoms with Gasteiger partial charge in [-0.15, -0.1) is 0 Å². The van der Waals surface area contributed by atoms with E-state index in [-0.39, 0.29) is 5.75 Å². The van der Waals surface area contributed by atoms with Crippen LogP contribution in [-0.2, 0) is 10.0 Å². The van der Waals surface area contributed by atoms with Crippen LogP contribution in [0.15, 0.2) is 60.0 Å². The van der Waals surface area contributed by atoms with Crippen LogP contribution in [0.1, 0.15) is 30.5 Å². The van der Waals surface area contributed by atoms with Gasteiger partial charge in [-0.1, -0.05) is 29.8 Å². The number of halogens is 1. The molecule has 0 bridgehead atoms. The van der Waals surface area contributed by atoms with Crippen molar-refractivity contribution < 1.29 is 8.42 Å². The first-order chi connectivity index (χ1) is 13.0. The van der Waals surface area contributed by atoms with E-state index in [2.05, 4.69) is 15.1 Å². The number of sulfonamides is 1. The summed E-state index contributed by atoms with van der Waals surface area (Å²) in [5.74, 6) is -0.0196. The van der Waals surface area contributed by atoms with Crippen LogP contribution in [0.4, 0.5) is 0 Å². The summed E-state index contributed by atoms with van der Waals surface area (Å²) >= 11 is 5.96. The molecule has 1 aliphatic rings. The van der Waals surface area contributed by atoms with Gasteiger partial charge in [0.2, 0.25) is 10.0 Å². The predicted molar refractivity (Wildman–Crippen MR) is 106 cm³/mol. The number of nitrogens with zero attached hydrogens (tertiary/aromatic N) is 4. The number of hydrazone groups is 1. The molecule has 0 radical (unpaired) electrons. The Bertz CT molecular complexity index is 1130. The second kappa shape index (κ2) is 6.90. The lowest BCUT2D eigenvalue weighted by molar-refractivity contribution is 0.372. The Morgan fingerprint density at radius 2 is 1.78 bits per heavy atom. The van der Waals surface area contributed by atoms with E-state index >= 15 is 0 Å². The molecule has 8 heteroatoms. The summed E-state index contributed by atoms with van der Waals surface area (Å²) in [6, 6.07) is 12.5. The summed E-state index contributed by atoms with van der Waals surface area (Å²) in [4.78, 5) is 8.59. The molecule has 3 aromatic rings. The number of hydrogen-bond donors (Lipinski definition) is 0. The van der Waals surface area contributed by atoms with Crippen molar-refractivity contribution in [3.8, 4) is 0 Å². The highest BCUT2D eigenvalue weighted by atomic mass is 35.5. The highest BCUT2D eigenvalue weighted by Crippen LogP contribution is 2.36. The monoisotopic (exact) mass is 400 g/mol. The van der Waals surface area contributed by atoms with Crippen LogP contribution >= 0.6 is 11.6 Å². The van der Waals surface area contributed by atoms with Crippen LogP contribution in [0.3, 0.4) is 0 Å². The van der Waals surface area contributed by atoms with Gasteiger partial charge in [0.15, 0.2) is 0 Å². The molecule has 1 atom stereocenters. The Morgan fingerprint density at radius 1 is 1.07 bits per heavy atom. The third-order valence-electron chi connectivity index (χ3n) is 4.58. The first-order valence-corrected chi connectivity index (χ1v) is 10.5. The maximum atomic E-state index is 12.6. The molecule has 2 aromatic carbocycles. The van der Waals surface area contributed by atoms with Crippen molar-refractivity contribution in [2.24, 2.45) is 5.10 Å². The molecule has 0 unspecified atom stereocenters. The number of aromatic nitrogens is 2. The Balaban J connectivity index is 1.77. The molecule has 2 heterocycles. The van der Waals surface area contributed by atoms with Gasteiger partial charge in [-0.05, 0) is 42.3 Å². The lowest BCUT2D eigenvalue weighted by atomic mass is 9.99. The zero-order valence-corrected chi connectivity index (χ0v) is 16.2. The van der Waals surface area contributed by atoms with Crippen molar-refractivity contribution in [3.63, 3.8) is 0 Å². The molecule has 0 amide bonds. The van der Waals surface area contributed by atoms with Crippen LogP contribution < -0.4 is 0 Å². The second-order valence-corrected chi connectivity index (χ2v) is 8.80. The number of benzene rings is 2. The molecule has 0 fully saturated rings. The quantitative estimate of drug-likeness (QED) is 0.667. The van der Waals surface area contributed by atoms with Gasteiger partial charge in [-0.25, -0.2) is 8.42 Å². The Hall–Kier alpha value is -2.51. The molecule has 0 spiro atoms. The predicted octanol–water partition coefficient (Wildman–Crippen LogP) is 3.78. The third-order valence-corrected chi connectivity index (χ3v) is 6.47. The van der Waals surface area contributed by atoms with E-state index < -0.39 is 16.1 Å². The molecule has 1 aromatic heterocycles. The lowest BCUT2D eigenvalue weighted by Gasteiger charge is -2.22. The maximum absolute atomic E-state index is 12.6. The standard InChI is InChI=1S/C19H17ClN4O2S/c1-2-27(25,26)24-19(12-17(23-24)13-3-6-15(20)7-4-13)14-5-8-16-18(11-14)22-10-9-21-16/h3-11,19H,2,12H2,1H3/t19-/m0/s1. The van der Waals surface area contributed by atoms with E-state index in [4.69, 9.17) is 11.6 Å². The minimum atomic E-state index is -3.51. The summed E-state index contributed by atoms with van der Waals surface area (Å²) in [6.45, 7) is 1.62.